The molecule has 0 aliphatic rings. The van der Waals surface area contributed by atoms with Crippen LogP contribution in [0.15, 0.2) is 6.07 Å². The first-order valence-electron chi connectivity index (χ1n) is 6.19. The Labute approximate surface area is 104 Å². The zero-order valence-corrected chi connectivity index (χ0v) is 11.4. The molecule has 0 radical (unpaired) electrons. The van der Waals surface area contributed by atoms with E-state index in [2.05, 4.69) is 23.8 Å². The molecule has 2 atom stereocenters. The van der Waals surface area contributed by atoms with Gasteiger partial charge in [-0.05, 0) is 26.7 Å². The maximum absolute atomic E-state index is 6.04. The molecule has 0 aromatic carbocycles. The minimum Gasteiger partial charge on any atom is -0.478 e. The molecule has 4 nitrogen and oxygen atoms in total. The van der Waals surface area contributed by atoms with Gasteiger partial charge in [-0.15, -0.1) is 0 Å². The number of aromatic nitrogens is 2. The third kappa shape index (κ3) is 3.66. The normalized spacial score (nSPS) is 14.8. The molecule has 0 fully saturated rings. The summed E-state index contributed by atoms with van der Waals surface area (Å²) in [6.07, 6.45) is 0. The van der Waals surface area contributed by atoms with Gasteiger partial charge in [0.15, 0.2) is 0 Å². The van der Waals surface area contributed by atoms with Crippen LogP contribution in [0.1, 0.15) is 45.1 Å². The maximum Gasteiger partial charge on any atom is 0.216 e. The number of rotatable bonds is 5. The summed E-state index contributed by atoms with van der Waals surface area (Å²) in [5, 5.41) is 0. The third-order valence-corrected chi connectivity index (χ3v) is 2.75. The van der Waals surface area contributed by atoms with Crippen molar-refractivity contribution in [2.24, 2.45) is 11.7 Å². The summed E-state index contributed by atoms with van der Waals surface area (Å²) in [4.78, 5) is 8.74. The molecule has 4 heteroatoms. The molecule has 0 spiro atoms. The summed E-state index contributed by atoms with van der Waals surface area (Å²) in [5.41, 5.74) is 7.02. The van der Waals surface area contributed by atoms with Crippen molar-refractivity contribution < 1.29 is 4.74 Å². The van der Waals surface area contributed by atoms with Gasteiger partial charge in [-0.2, -0.15) is 4.98 Å². The lowest BCUT2D eigenvalue weighted by molar-refractivity contribution is 0.322. The largest absolute Gasteiger partial charge is 0.478 e. The highest BCUT2D eigenvalue weighted by Crippen LogP contribution is 2.27. The van der Waals surface area contributed by atoms with Gasteiger partial charge in [0, 0.05) is 18.0 Å². The summed E-state index contributed by atoms with van der Waals surface area (Å²) in [5.74, 6) is 2.05. The topological polar surface area (TPSA) is 61.0 Å². The summed E-state index contributed by atoms with van der Waals surface area (Å²) >= 11 is 0. The van der Waals surface area contributed by atoms with Gasteiger partial charge in [0.25, 0.3) is 0 Å². The summed E-state index contributed by atoms with van der Waals surface area (Å²) < 4.78 is 5.45. The molecule has 1 aromatic rings. The van der Waals surface area contributed by atoms with Crippen molar-refractivity contribution in [3.8, 4) is 5.88 Å². The van der Waals surface area contributed by atoms with Crippen LogP contribution >= 0.6 is 0 Å². The number of nitrogens with two attached hydrogens (primary N) is 1. The van der Waals surface area contributed by atoms with Gasteiger partial charge in [-0.25, -0.2) is 4.98 Å². The van der Waals surface area contributed by atoms with E-state index in [0.29, 0.717) is 18.4 Å². The van der Waals surface area contributed by atoms with E-state index in [-0.39, 0.29) is 12.0 Å². The SMILES string of the molecule is CCOc1cc(C(C(C)C)C(C)N)nc(C)n1. The molecule has 17 heavy (non-hydrogen) atoms. The van der Waals surface area contributed by atoms with E-state index >= 15 is 0 Å². The highest BCUT2D eigenvalue weighted by molar-refractivity contribution is 5.21. The Bertz CT molecular complexity index is 356. The van der Waals surface area contributed by atoms with Crippen LogP contribution in [0.3, 0.4) is 0 Å². The van der Waals surface area contributed by atoms with E-state index in [4.69, 9.17) is 10.5 Å². The van der Waals surface area contributed by atoms with Crippen molar-refractivity contribution in [3.05, 3.63) is 17.6 Å². The Morgan fingerprint density at radius 2 is 1.94 bits per heavy atom. The van der Waals surface area contributed by atoms with Crippen molar-refractivity contribution >= 4 is 0 Å². The molecule has 2 unspecified atom stereocenters. The molecule has 1 heterocycles. The van der Waals surface area contributed by atoms with Gasteiger partial charge in [-0.3, -0.25) is 0 Å². The summed E-state index contributed by atoms with van der Waals surface area (Å²) in [7, 11) is 0. The number of ether oxygens (including phenoxy) is 1. The van der Waals surface area contributed by atoms with Crippen LogP contribution in [0, 0.1) is 12.8 Å². The van der Waals surface area contributed by atoms with Crippen molar-refractivity contribution in [1.82, 2.24) is 9.97 Å². The van der Waals surface area contributed by atoms with Gasteiger partial charge in [-0.1, -0.05) is 13.8 Å². The predicted molar refractivity (Wildman–Crippen MR) is 69.2 cm³/mol. The van der Waals surface area contributed by atoms with Gasteiger partial charge >= 0.3 is 0 Å². The van der Waals surface area contributed by atoms with Gasteiger partial charge in [0.1, 0.15) is 5.82 Å². The molecule has 0 amide bonds. The lowest BCUT2D eigenvalue weighted by Crippen LogP contribution is -2.29. The minimum absolute atomic E-state index is 0.0683. The minimum atomic E-state index is 0.0683. The Kier molecular flexibility index (Phi) is 4.87. The Morgan fingerprint density at radius 1 is 1.29 bits per heavy atom. The molecule has 96 valence electrons. The lowest BCUT2D eigenvalue weighted by atomic mass is 9.86. The van der Waals surface area contributed by atoms with Crippen molar-refractivity contribution in [2.75, 3.05) is 6.61 Å². The van der Waals surface area contributed by atoms with E-state index in [9.17, 15) is 0 Å². The molecule has 1 aromatic heterocycles. The molecular formula is C13H23N3O. The van der Waals surface area contributed by atoms with Gasteiger partial charge < -0.3 is 10.5 Å². The molecular weight excluding hydrogens is 214 g/mol. The monoisotopic (exact) mass is 237 g/mol. The molecule has 0 aliphatic heterocycles. The van der Waals surface area contributed by atoms with Crippen LogP contribution in [0.4, 0.5) is 0 Å². The second-order valence-corrected chi connectivity index (χ2v) is 4.74. The fraction of sp³-hybridized carbons (Fsp3) is 0.692. The molecule has 0 saturated heterocycles. The van der Waals surface area contributed by atoms with Crippen molar-refractivity contribution in [1.29, 1.82) is 0 Å². The second-order valence-electron chi connectivity index (χ2n) is 4.74. The zero-order valence-electron chi connectivity index (χ0n) is 11.4. The van der Waals surface area contributed by atoms with E-state index < -0.39 is 0 Å². The summed E-state index contributed by atoms with van der Waals surface area (Å²) in [6, 6.07) is 1.98. The molecule has 0 saturated carbocycles. The Morgan fingerprint density at radius 3 is 2.41 bits per heavy atom. The maximum atomic E-state index is 6.04. The van der Waals surface area contributed by atoms with Gasteiger partial charge in [0.2, 0.25) is 5.88 Å². The highest BCUT2D eigenvalue weighted by atomic mass is 16.5. The number of nitrogens with zero attached hydrogens (tertiary/aromatic N) is 2. The number of hydrogen-bond acceptors (Lipinski definition) is 4. The van der Waals surface area contributed by atoms with Crippen molar-refractivity contribution in [3.63, 3.8) is 0 Å². The zero-order chi connectivity index (χ0) is 13.0. The predicted octanol–water partition coefficient (Wildman–Crippen LogP) is 2.27. The molecule has 2 N–H and O–H groups in total. The van der Waals surface area contributed by atoms with Crippen molar-refractivity contribution in [2.45, 2.75) is 46.6 Å². The van der Waals surface area contributed by atoms with Crippen LogP contribution in [0.5, 0.6) is 5.88 Å². The molecule has 0 bridgehead atoms. The average Bonchev–Trinajstić information content (AvgIpc) is 2.15. The molecule has 1 rings (SSSR count). The van der Waals surface area contributed by atoms with E-state index in [1.807, 2.05) is 26.8 Å². The standard InChI is InChI=1S/C13H23N3O/c1-6-17-12-7-11(15-10(5)16-12)13(8(2)3)9(4)14/h7-9,13H,6,14H2,1-5H3. The van der Waals surface area contributed by atoms with Crippen LogP contribution in [0.2, 0.25) is 0 Å². The van der Waals surface area contributed by atoms with Crippen LogP contribution in [0.25, 0.3) is 0 Å². The average molecular weight is 237 g/mol. The second kappa shape index (κ2) is 5.96. The van der Waals surface area contributed by atoms with Crippen LogP contribution < -0.4 is 10.5 Å². The van der Waals surface area contributed by atoms with Gasteiger partial charge in [0.05, 0.1) is 12.3 Å². The molecule has 0 aliphatic carbocycles. The first-order valence-corrected chi connectivity index (χ1v) is 6.19. The first-order chi connectivity index (χ1) is 7.95. The fourth-order valence-corrected chi connectivity index (χ4v) is 2.17. The third-order valence-electron chi connectivity index (χ3n) is 2.75. The Balaban J connectivity index is 3.10. The Hall–Kier alpha value is -1.16. The van der Waals surface area contributed by atoms with Crippen LogP contribution in [-0.4, -0.2) is 22.6 Å². The summed E-state index contributed by atoms with van der Waals surface area (Å²) in [6.45, 7) is 10.8. The van der Waals surface area contributed by atoms with E-state index in [0.717, 1.165) is 11.5 Å². The lowest BCUT2D eigenvalue weighted by Gasteiger charge is -2.24. The number of hydrogen-bond donors (Lipinski definition) is 1. The first kappa shape index (κ1) is 13.9. The smallest absolute Gasteiger partial charge is 0.216 e. The fourth-order valence-electron chi connectivity index (χ4n) is 2.17. The van der Waals surface area contributed by atoms with E-state index in [1.165, 1.54) is 0 Å². The van der Waals surface area contributed by atoms with Crippen LogP contribution in [-0.2, 0) is 0 Å². The highest BCUT2D eigenvalue weighted by Gasteiger charge is 2.22. The quantitative estimate of drug-likeness (QED) is 0.853. The number of aryl methyl sites for hydroxylation is 1. The van der Waals surface area contributed by atoms with E-state index in [1.54, 1.807) is 0 Å².